The van der Waals surface area contributed by atoms with Crippen molar-refractivity contribution in [2.45, 2.75) is 39.7 Å². The molecule has 1 aromatic heterocycles. The van der Waals surface area contributed by atoms with Crippen LogP contribution in [0.2, 0.25) is 0 Å². The van der Waals surface area contributed by atoms with Crippen LogP contribution in [0.5, 0.6) is 0 Å². The van der Waals surface area contributed by atoms with E-state index >= 15 is 0 Å². The van der Waals surface area contributed by atoms with Crippen molar-refractivity contribution in [2.24, 2.45) is 5.41 Å². The van der Waals surface area contributed by atoms with E-state index in [1.54, 1.807) is 0 Å². The lowest BCUT2D eigenvalue weighted by atomic mass is 9.96. The highest BCUT2D eigenvalue weighted by Crippen LogP contribution is 2.24. The molecule has 7 nitrogen and oxygen atoms in total. The second-order valence-corrected chi connectivity index (χ2v) is 6.87. The fourth-order valence-electron chi connectivity index (χ4n) is 2.56. The van der Waals surface area contributed by atoms with Gasteiger partial charge in [0.1, 0.15) is 18.0 Å². The number of aliphatic hydroxyl groups is 1. The first-order chi connectivity index (χ1) is 10.9. The van der Waals surface area contributed by atoms with Crippen molar-refractivity contribution in [3.8, 4) is 0 Å². The highest BCUT2D eigenvalue weighted by atomic mass is 16.3. The number of nitrogens with one attached hydrogen (secondary N) is 2. The SMILES string of the molecule is CC(C)(C)C(=O)NCCNc1cc(N2CCCC2CO)ncn1. The topological polar surface area (TPSA) is 90.4 Å². The molecule has 1 unspecified atom stereocenters. The predicted octanol–water partition coefficient (Wildman–Crippen LogP) is 1.01. The van der Waals surface area contributed by atoms with Gasteiger partial charge in [-0.25, -0.2) is 9.97 Å². The van der Waals surface area contributed by atoms with Crippen LogP contribution in [0, 0.1) is 5.41 Å². The van der Waals surface area contributed by atoms with Gasteiger partial charge in [-0.2, -0.15) is 0 Å². The molecule has 3 N–H and O–H groups in total. The maximum absolute atomic E-state index is 11.8. The van der Waals surface area contributed by atoms with E-state index in [-0.39, 0.29) is 24.0 Å². The van der Waals surface area contributed by atoms with Crippen LogP contribution in [-0.4, -0.2) is 53.3 Å². The molecule has 1 aliphatic heterocycles. The van der Waals surface area contributed by atoms with Crippen LogP contribution in [0.4, 0.5) is 11.6 Å². The van der Waals surface area contributed by atoms with Gasteiger partial charge in [-0.15, -0.1) is 0 Å². The summed E-state index contributed by atoms with van der Waals surface area (Å²) in [7, 11) is 0. The molecule has 0 spiro atoms. The molecule has 7 heteroatoms. The Morgan fingerprint density at radius 1 is 1.39 bits per heavy atom. The molecule has 2 heterocycles. The summed E-state index contributed by atoms with van der Waals surface area (Å²) < 4.78 is 0. The van der Waals surface area contributed by atoms with E-state index in [0.29, 0.717) is 13.1 Å². The van der Waals surface area contributed by atoms with Crippen molar-refractivity contribution in [2.75, 3.05) is 36.5 Å². The fourth-order valence-corrected chi connectivity index (χ4v) is 2.56. The van der Waals surface area contributed by atoms with Crippen molar-refractivity contribution in [3.05, 3.63) is 12.4 Å². The lowest BCUT2D eigenvalue weighted by Crippen LogP contribution is -2.37. The molecule has 23 heavy (non-hydrogen) atoms. The zero-order valence-electron chi connectivity index (χ0n) is 14.2. The van der Waals surface area contributed by atoms with Crippen LogP contribution in [0.15, 0.2) is 12.4 Å². The summed E-state index contributed by atoms with van der Waals surface area (Å²) in [5, 5.41) is 15.5. The van der Waals surface area contributed by atoms with Crippen LogP contribution in [0.3, 0.4) is 0 Å². The number of hydrogen-bond donors (Lipinski definition) is 3. The van der Waals surface area contributed by atoms with Gasteiger partial charge in [-0.1, -0.05) is 20.8 Å². The van der Waals surface area contributed by atoms with Crippen molar-refractivity contribution < 1.29 is 9.90 Å². The van der Waals surface area contributed by atoms with Crippen LogP contribution in [0.1, 0.15) is 33.6 Å². The van der Waals surface area contributed by atoms with Crippen LogP contribution in [0.25, 0.3) is 0 Å². The lowest BCUT2D eigenvalue weighted by Gasteiger charge is -2.24. The van der Waals surface area contributed by atoms with E-state index < -0.39 is 0 Å². The third kappa shape index (κ3) is 4.79. The highest BCUT2D eigenvalue weighted by Gasteiger charge is 2.25. The number of aromatic nitrogens is 2. The maximum Gasteiger partial charge on any atom is 0.225 e. The number of carbonyl (C=O) groups excluding carboxylic acids is 1. The molecule has 0 saturated carbocycles. The molecule has 1 amide bonds. The Labute approximate surface area is 137 Å². The summed E-state index contributed by atoms with van der Waals surface area (Å²) in [6.07, 6.45) is 3.58. The molecule has 0 radical (unpaired) electrons. The minimum absolute atomic E-state index is 0.0329. The molecule has 0 aromatic carbocycles. The first kappa shape index (κ1) is 17.5. The smallest absolute Gasteiger partial charge is 0.225 e. The normalized spacial score (nSPS) is 18.1. The third-order valence-electron chi connectivity index (χ3n) is 3.93. The van der Waals surface area contributed by atoms with E-state index in [9.17, 15) is 9.90 Å². The number of hydrogen-bond acceptors (Lipinski definition) is 6. The average Bonchev–Trinajstić information content (AvgIpc) is 2.99. The molecule has 1 aromatic rings. The number of aliphatic hydroxyl groups excluding tert-OH is 1. The van der Waals surface area contributed by atoms with Crippen molar-refractivity contribution in [1.82, 2.24) is 15.3 Å². The van der Waals surface area contributed by atoms with E-state index in [1.165, 1.54) is 6.33 Å². The highest BCUT2D eigenvalue weighted by molar-refractivity contribution is 5.81. The van der Waals surface area contributed by atoms with E-state index in [4.69, 9.17) is 0 Å². The molecule has 0 aliphatic carbocycles. The van der Waals surface area contributed by atoms with Gasteiger partial charge in [-0.05, 0) is 12.8 Å². The van der Waals surface area contributed by atoms with Gasteiger partial charge in [0.05, 0.1) is 12.6 Å². The monoisotopic (exact) mass is 321 g/mol. The van der Waals surface area contributed by atoms with Gasteiger partial charge in [0.2, 0.25) is 5.91 Å². The van der Waals surface area contributed by atoms with Crippen LogP contribution < -0.4 is 15.5 Å². The first-order valence-corrected chi connectivity index (χ1v) is 8.13. The molecular weight excluding hydrogens is 294 g/mol. The Morgan fingerprint density at radius 3 is 2.87 bits per heavy atom. The Hall–Kier alpha value is -1.89. The summed E-state index contributed by atoms with van der Waals surface area (Å²) >= 11 is 0. The van der Waals surface area contributed by atoms with E-state index in [0.717, 1.165) is 31.0 Å². The Bertz CT molecular complexity index is 529. The molecule has 0 bridgehead atoms. The molecule has 1 fully saturated rings. The van der Waals surface area contributed by atoms with Gasteiger partial charge >= 0.3 is 0 Å². The minimum atomic E-state index is -0.378. The molecule has 2 rings (SSSR count). The second-order valence-electron chi connectivity index (χ2n) is 6.87. The predicted molar refractivity (Wildman–Crippen MR) is 90.4 cm³/mol. The Balaban J connectivity index is 1.85. The fraction of sp³-hybridized carbons (Fsp3) is 0.688. The minimum Gasteiger partial charge on any atom is -0.394 e. The molecule has 1 atom stereocenters. The van der Waals surface area contributed by atoms with Crippen LogP contribution >= 0.6 is 0 Å². The second kappa shape index (κ2) is 7.59. The summed E-state index contributed by atoms with van der Waals surface area (Å²) in [5.41, 5.74) is -0.378. The number of anilines is 2. The Morgan fingerprint density at radius 2 is 2.17 bits per heavy atom. The summed E-state index contributed by atoms with van der Waals surface area (Å²) in [5.74, 6) is 1.59. The maximum atomic E-state index is 11.8. The lowest BCUT2D eigenvalue weighted by molar-refractivity contribution is -0.128. The van der Waals surface area contributed by atoms with E-state index in [1.807, 2.05) is 26.8 Å². The van der Waals surface area contributed by atoms with Crippen molar-refractivity contribution >= 4 is 17.5 Å². The zero-order valence-corrected chi connectivity index (χ0v) is 14.2. The van der Waals surface area contributed by atoms with Gasteiger partial charge in [-0.3, -0.25) is 4.79 Å². The van der Waals surface area contributed by atoms with Crippen molar-refractivity contribution in [3.63, 3.8) is 0 Å². The first-order valence-electron chi connectivity index (χ1n) is 8.13. The van der Waals surface area contributed by atoms with Gasteiger partial charge in [0, 0.05) is 31.1 Å². The standard InChI is InChI=1S/C16H27N5O2/c1-16(2,3)15(23)18-7-6-17-13-9-14(20-11-19-13)21-8-4-5-12(21)10-22/h9,11-12,22H,4-8,10H2,1-3H3,(H,18,23)(H,17,19,20). The molecule has 128 valence electrons. The number of rotatable bonds is 6. The van der Waals surface area contributed by atoms with Gasteiger partial charge in [0.25, 0.3) is 0 Å². The van der Waals surface area contributed by atoms with Gasteiger partial charge < -0.3 is 20.6 Å². The third-order valence-corrected chi connectivity index (χ3v) is 3.93. The molecular formula is C16H27N5O2. The Kier molecular flexibility index (Phi) is 5.76. The number of nitrogens with zero attached hydrogens (tertiary/aromatic N) is 3. The summed E-state index contributed by atoms with van der Waals surface area (Å²) in [6.45, 7) is 7.86. The van der Waals surface area contributed by atoms with E-state index in [2.05, 4.69) is 25.5 Å². The number of carbonyl (C=O) groups is 1. The summed E-state index contributed by atoms with van der Waals surface area (Å²) in [6, 6.07) is 2.03. The number of amides is 1. The zero-order chi connectivity index (χ0) is 16.9. The van der Waals surface area contributed by atoms with Crippen molar-refractivity contribution in [1.29, 1.82) is 0 Å². The molecule has 1 saturated heterocycles. The van der Waals surface area contributed by atoms with Crippen LogP contribution in [-0.2, 0) is 4.79 Å². The van der Waals surface area contributed by atoms with Gasteiger partial charge in [0.15, 0.2) is 0 Å². The quantitative estimate of drug-likeness (QED) is 0.678. The summed E-state index contributed by atoms with van der Waals surface area (Å²) in [4.78, 5) is 22.4. The molecule has 1 aliphatic rings. The largest absolute Gasteiger partial charge is 0.394 e. The average molecular weight is 321 g/mol.